The molecule has 0 radical (unpaired) electrons. The maximum absolute atomic E-state index is 12.3. The van der Waals surface area contributed by atoms with E-state index in [9.17, 15) is 9.59 Å². The van der Waals surface area contributed by atoms with Crippen LogP contribution in [-0.2, 0) is 4.79 Å². The smallest absolute Gasteiger partial charge is 0.276 e. The zero-order valence-electron chi connectivity index (χ0n) is 14.4. The summed E-state index contributed by atoms with van der Waals surface area (Å²) >= 11 is 0. The molecule has 2 aromatic heterocycles. The van der Waals surface area contributed by atoms with Crippen LogP contribution in [0.1, 0.15) is 28.7 Å². The van der Waals surface area contributed by atoms with Crippen LogP contribution in [0.25, 0.3) is 0 Å². The highest BCUT2D eigenvalue weighted by atomic mass is 16.2. The van der Waals surface area contributed by atoms with E-state index in [-0.39, 0.29) is 17.4 Å². The molecule has 2 amide bonds. The molecule has 0 aliphatic heterocycles. The molecule has 0 bridgehead atoms. The van der Waals surface area contributed by atoms with Crippen LogP contribution in [-0.4, -0.2) is 27.0 Å². The van der Waals surface area contributed by atoms with Crippen LogP contribution in [0.2, 0.25) is 0 Å². The van der Waals surface area contributed by atoms with Crippen LogP contribution in [0, 0.1) is 11.8 Å². The molecule has 0 saturated carbocycles. The number of carbonyl (C=O) groups excluding carboxylic acids is 2. The van der Waals surface area contributed by atoms with E-state index in [0.29, 0.717) is 11.4 Å². The van der Waals surface area contributed by atoms with Gasteiger partial charge >= 0.3 is 0 Å². The summed E-state index contributed by atoms with van der Waals surface area (Å²) < 4.78 is 0. The Morgan fingerprint density at radius 2 is 1.81 bits per heavy atom. The van der Waals surface area contributed by atoms with Crippen molar-refractivity contribution in [3.8, 4) is 11.8 Å². The number of rotatable bonds is 3. The molecule has 0 aliphatic carbocycles. The van der Waals surface area contributed by atoms with Crippen molar-refractivity contribution in [1.82, 2.24) is 15.2 Å². The van der Waals surface area contributed by atoms with Gasteiger partial charge in [-0.25, -0.2) is 4.98 Å². The van der Waals surface area contributed by atoms with Gasteiger partial charge in [0.15, 0.2) is 11.5 Å². The van der Waals surface area contributed by atoms with E-state index >= 15 is 0 Å². The third kappa shape index (κ3) is 5.21. The maximum atomic E-state index is 12.3. The summed E-state index contributed by atoms with van der Waals surface area (Å²) in [6.45, 7) is 1.37. The van der Waals surface area contributed by atoms with E-state index in [0.717, 1.165) is 5.56 Å². The number of carbonyl (C=O) groups is 2. The standard InChI is InChI=1S/C20H15N5O2/c1-14(26)22-19-11-10-18(24-25-19)20(27)23-17-7-4-5-15(13-17)8-9-16-6-2-3-12-21-16/h2-7,10-13H,1H3,(H,23,27)(H,22,25,26). The van der Waals surface area contributed by atoms with Gasteiger partial charge in [0.25, 0.3) is 5.91 Å². The van der Waals surface area contributed by atoms with E-state index in [1.54, 1.807) is 24.4 Å². The maximum Gasteiger partial charge on any atom is 0.276 e. The lowest BCUT2D eigenvalue weighted by Gasteiger charge is -2.05. The van der Waals surface area contributed by atoms with Crippen LogP contribution in [0.4, 0.5) is 11.5 Å². The van der Waals surface area contributed by atoms with E-state index in [4.69, 9.17) is 0 Å². The molecule has 0 saturated heterocycles. The number of nitrogens with one attached hydrogen (secondary N) is 2. The molecule has 2 heterocycles. The lowest BCUT2D eigenvalue weighted by atomic mass is 10.2. The number of nitrogens with zero attached hydrogens (tertiary/aromatic N) is 3. The summed E-state index contributed by atoms with van der Waals surface area (Å²) in [5, 5.41) is 12.8. The molecule has 27 heavy (non-hydrogen) atoms. The molecule has 3 rings (SSSR count). The highest BCUT2D eigenvalue weighted by Crippen LogP contribution is 2.12. The Hall–Kier alpha value is -4.05. The van der Waals surface area contributed by atoms with Crippen LogP contribution >= 0.6 is 0 Å². The van der Waals surface area contributed by atoms with Crippen molar-refractivity contribution in [3.63, 3.8) is 0 Å². The van der Waals surface area contributed by atoms with E-state index in [1.807, 2.05) is 24.3 Å². The number of hydrogen-bond acceptors (Lipinski definition) is 5. The molecular weight excluding hydrogens is 342 g/mol. The van der Waals surface area contributed by atoms with Crippen LogP contribution in [0.5, 0.6) is 0 Å². The van der Waals surface area contributed by atoms with Gasteiger partial charge < -0.3 is 10.6 Å². The van der Waals surface area contributed by atoms with Gasteiger partial charge in [0.2, 0.25) is 5.91 Å². The Labute approximate surface area is 155 Å². The summed E-state index contributed by atoms with van der Waals surface area (Å²) in [6.07, 6.45) is 1.68. The van der Waals surface area contributed by atoms with Crippen molar-refractivity contribution < 1.29 is 9.59 Å². The van der Waals surface area contributed by atoms with Crippen LogP contribution in [0.3, 0.4) is 0 Å². The first-order chi connectivity index (χ1) is 13.1. The largest absolute Gasteiger partial charge is 0.321 e. The summed E-state index contributed by atoms with van der Waals surface area (Å²) in [5.74, 6) is 5.59. The molecule has 2 N–H and O–H groups in total. The number of amides is 2. The number of pyridine rings is 1. The lowest BCUT2D eigenvalue weighted by Crippen LogP contribution is -2.15. The van der Waals surface area contributed by atoms with E-state index < -0.39 is 5.91 Å². The number of benzene rings is 1. The van der Waals surface area contributed by atoms with Crippen molar-refractivity contribution in [2.45, 2.75) is 6.92 Å². The first kappa shape index (κ1) is 17.8. The minimum absolute atomic E-state index is 0.133. The first-order valence-electron chi connectivity index (χ1n) is 8.06. The molecule has 132 valence electrons. The van der Waals surface area contributed by atoms with Gasteiger partial charge in [0.05, 0.1) is 0 Å². The molecule has 1 aromatic carbocycles. The fraction of sp³-hybridized carbons (Fsp3) is 0.0500. The first-order valence-corrected chi connectivity index (χ1v) is 8.06. The topological polar surface area (TPSA) is 96.9 Å². The predicted octanol–water partition coefficient (Wildman–Crippen LogP) is 2.48. The van der Waals surface area contributed by atoms with Crippen molar-refractivity contribution in [3.05, 3.63) is 77.7 Å². The normalized spacial score (nSPS) is 9.67. The van der Waals surface area contributed by atoms with Gasteiger partial charge in [-0.3, -0.25) is 9.59 Å². The van der Waals surface area contributed by atoms with Gasteiger partial charge in [-0.15, -0.1) is 10.2 Å². The van der Waals surface area contributed by atoms with Crippen molar-refractivity contribution in [2.75, 3.05) is 10.6 Å². The Morgan fingerprint density at radius 1 is 0.926 bits per heavy atom. The highest BCUT2D eigenvalue weighted by Gasteiger charge is 2.09. The molecule has 0 spiro atoms. The summed E-state index contributed by atoms with van der Waals surface area (Å²) in [7, 11) is 0. The molecule has 7 nitrogen and oxygen atoms in total. The van der Waals surface area contributed by atoms with Gasteiger partial charge in [0, 0.05) is 24.4 Å². The van der Waals surface area contributed by atoms with E-state index in [1.165, 1.54) is 19.1 Å². The molecular formula is C20H15N5O2. The molecule has 0 atom stereocenters. The fourth-order valence-electron chi connectivity index (χ4n) is 2.14. The second kappa shape index (κ2) is 8.36. The zero-order chi connectivity index (χ0) is 19.1. The molecule has 0 aliphatic rings. The zero-order valence-corrected chi connectivity index (χ0v) is 14.4. The molecule has 7 heteroatoms. The number of anilines is 2. The fourth-order valence-corrected chi connectivity index (χ4v) is 2.14. The number of hydrogen-bond donors (Lipinski definition) is 2. The van der Waals surface area contributed by atoms with E-state index in [2.05, 4.69) is 37.7 Å². The van der Waals surface area contributed by atoms with Gasteiger partial charge in [-0.1, -0.05) is 18.1 Å². The molecule has 0 fully saturated rings. The summed E-state index contributed by atoms with van der Waals surface area (Å²) in [4.78, 5) is 27.4. The Balaban J connectivity index is 1.70. The van der Waals surface area contributed by atoms with Crippen LogP contribution < -0.4 is 10.6 Å². The Bertz CT molecular complexity index is 1020. The summed E-state index contributed by atoms with van der Waals surface area (Å²) in [5.41, 5.74) is 2.13. The highest BCUT2D eigenvalue weighted by molar-refractivity contribution is 6.03. The third-order valence-corrected chi connectivity index (χ3v) is 3.32. The average molecular weight is 357 g/mol. The Kier molecular flexibility index (Phi) is 5.50. The monoisotopic (exact) mass is 357 g/mol. The molecule has 0 unspecified atom stereocenters. The second-order valence-corrected chi connectivity index (χ2v) is 5.48. The second-order valence-electron chi connectivity index (χ2n) is 5.48. The number of aromatic nitrogens is 3. The van der Waals surface area contributed by atoms with Crippen molar-refractivity contribution >= 4 is 23.3 Å². The third-order valence-electron chi connectivity index (χ3n) is 3.32. The molecule has 3 aromatic rings. The van der Waals surface area contributed by atoms with Gasteiger partial charge in [-0.05, 0) is 48.4 Å². The lowest BCUT2D eigenvalue weighted by molar-refractivity contribution is -0.114. The minimum atomic E-state index is -0.410. The van der Waals surface area contributed by atoms with Crippen molar-refractivity contribution in [2.24, 2.45) is 0 Å². The van der Waals surface area contributed by atoms with Crippen molar-refractivity contribution in [1.29, 1.82) is 0 Å². The quantitative estimate of drug-likeness (QED) is 0.702. The van der Waals surface area contributed by atoms with Gasteiger partial charge in [0.1, 0.15) is 5.69 Å². The SMILES string of the molecule is CC(=O)Nc1ccc(C(=O)Nc2cccc(C#Cc3ccccn3)c2)nn1. The Morgan fingerprint density at radius 3 is 2.52 bits per heavy atom. The van der Waals surface area contributed by atoms with Gasteiger partial charge in [-0.2, -0.15) is 0 Å². The van der Waals surface area contributed by atoms with Crippen LogP contribution in [0.15, 0.2) is 60.8 Å². The average Bonchev–Trinajstić information content (AvgIpc) is 2.67. The predicted molar refractivity (Wildman–Crippen MR) is 101 cm³/mol. The summed E-state index contributed by atoms with van der Waals surface area (Å²) in [6, 6.07) is 15.7. The minimum Gasteiger partial charge on any atom is -0.321 e.